The first-order valence-electron chi connectivity index (χ1n) is 11.4. The zero-order valence-electron chi connectivity index (χ0n) is 18.6. The van der Waals surface area contributed by atoms with Gasteiger partial charge in [-0.15, -0.1) is 24.8 Å². The Labute approximate surface area is 203 Å². The number of carbonyl (C=O) groups is 3. The molecule has 4 atom stereocenters. The SMILES string of the molecule is Cl.Cl.O=C(NCCCC[C@H](C(=O)O)[C@H]1CCNC1)NCCCC[C@H](C(=O)O)[C@H]1CCNC1. The Morgan fingerprint density at radius 1 is 0.750 bits per heavy atom. The molecule has 188 valence electrons. The van der Waals surface area contributed by atoms with Gasteiger partial charge in [0.1, 0.15) is 0 Å². The van der Waals surface area contributed by atoms with E-state index in [2.05, 4.69) is 21.3 Å². The molecule has 2 amide bonds. The Morgan fingerprint density at radius 2 is 1.16 bits per heavy atom. The van der Waals surface area contributed by atoms with Crippen LogP contribution in [0.15, 0.2) is 0 Å². The van der Waals surface area contributed by atoms with Crippen LogP contribution in [-0.4, -0.2) is 67.5 Å². The van der Waals surface area contributed by atoms with Crippen molar-refractivity contribution in [2.75, 3.05) is 39.3 Å². The van der Waals surface area contributed by atoms with Crippen molar-refractivity contribution in [2.24, 2.45) is 23.7 Å². The van der Waals surface area contributed by atoms with E-state index in [9.17, 15) is 24.6 Å². The van der Waals surface area contributed by atoms with Crippen molar-refractivity contribution in [3.05, 3.63) is 0 Å². The van der Waals surface area contributed by atoms with Gasteiger partial charge in [-0.25, -0.2) is 4.79 Å². The maximum atomic E-state index is 11.8. The molecule has 2 rings (SSSR count). The van der Waals surface area contributed by atoms with E-state index in [-0.39, 0.29) is 54.5 Å². The molecule has 0 aromatic carbocycles. The molecule has 2 heterocycles. The van der Waals surface area contributed by atoms with Crippen LogP contribution in [0.5, 0.6) is 0 Å². The van der Waals surface area contributed by atoms with Gasteiger partial charge in [-0.1, -0.05) is 12.8 Å². The highest BCUT2D eigenvalue weighted by Crippen LogP contribution is 2.25. The number of aliphatic carboxylic acids is 2. The molecular formula is C21H40Cl2N4O5. The van der Waals surface area contributed by atoms with Gasteiger partial charge in [0.05, 0.1) is 11.8 Å². The summed E-state index contributed by atoms with van der Waals surface area (Å²) in [4.78, 5) is 34.7. The quantitative estimate of drug-likeness (QED) is 0.201. The number of amides is 2. The Balaban J connectivity index is 0.00000480. The summed E-state index contributed by atoms with van der Waals surface area (Å²) in [5.74, 6) is -1.62. The zero-order chi connectivity index (χ0) is 21.8. The Kier molecular flexibility index (Phi) is 16.5. The molecule has 0 radical (unpaired) electrons. The molecule has 0 bridgehead atoms. The summed E-state index contributed by atoms with van der Waals surface area (Å²) in [6, 6.07) is -0.223. The first-order valence-corrected chi connectivity index (χ1v) is 11.4. The third-order valence-corrected chi connectivity index (χ3v) is 6.42. The van der Waals surface area contributed by atoms with Crippen LogP contribution >= 0.6 is 24.8 Å². The van der Waals surface area contributed by atoms with Gasteiger partial charge in [-0.3, -0.25) is 9.59 Å². The summed E-state index contributed by atoms with van der Waals surface area (Å²) < 4.78 is 0. The van der Waals surface area contributed by atoms with Crippen LogP contribution in [0.4, 0.5) is 4.79 Å². The Bertz CT molecular complexity index is 512. The van der Waals surface area contributed by atoms with Crippen molar-refractivity contribution in [3.8, 4) is 0 Å². The highest BCUT2D eigenvalue weighted by molar-refractivity contribution is 5.85. The highest BCUT2D eigenvalue weighted by Gasteiger charge is 2.30. The molecule has 11 heteroatoms. The van der Waals surface area contributed by atoms with Crippen molar-refractivity contribution in [1.29, 1.82) is 0 Å². The van der Waals surface area contributed by atoms with E-state index in [1.807, 2.05) is 0 Å². The molecule has 2 saturated heterocycles. The fraction of sp³-hybridized carbons (Fsp3) is 0.857. The number of carbonyl (C=O) groups excluding carboxylic acids is 1. The monoisotopic (exact) mass is 498 g/mol. The third kappa shape index (κ3) is 11.0. The lowest BCUT2D eigenvalue weighted by Gasteiger charge is -2.18. The number of hydrogen-bond donors (Lipinski definition) is 6. The van der Waals surface area contributed by atoms with E-state index in [4.69, 9.17) is 0 Å². The van der Waals surface area contributed by atoms with Gasteiger partial charge < -0.3 is 31.5 Å². The maximum Gasteiger partial charge on any atom is 0.314 e. The molecule has 0 aromatic rings. The maximum absolute atomic E-state index is 11.8. The van der Waals surface area contributed by atoms with Crippen LogP contribution < -0.4 is 21.3 Å². The minimum atomic E-state index is -0.719. The number of unbranched alkanes of at least 4 members (excludes halogenated alkanes) is 2. The molecular weight excluding hydrogens is 459 g/mol. The van der Waals surface area contributed by atoms with Gasteiger partial charge >= 0.3 is 18.0 Å². The molecule has 0 aliphatic carbocycles. The number of carboxylic acid groups (broad SMARTS) is 2. The lowest BCUT2D eigenvalue weighted by Crippen LogP contribution is -2.36. The summed E-state index contributed by atoms with van der Waals surface area (Å²) in [7, 11) is 0. The first kappa shape index (κ1) is 30.7. The van der Waals surface area contributed by atoms with Crippen LogP contribution in [0.3, 0.4) is 0 Å². The van der Waals surface area contributed by atoms with E-state index in [1.54, 1.807) is 0 Å². The predicted molar refractivity (Wildman–Crippen MR) is 128 cm³/mol. The van der Waals surface area contributed by atoms with Crippen LogP contribution in [0.2, 0.25) is 0 Å². The fourth-order valence-corrected chi connectivity index (χ4v) is 4.61. The summed E-state index contributed by atoms with van der Waals surface area (Å²) in [6.45, 7) is 4.40. The number of hydrogen-bond acceptors (Lipinski definition) is 5. The Hall–Kier alpha value is -1.29. The van der Waals surface area contributed by atoms with E-state index in [0.29, 0.717) is 25.9 Å². The zero-order valence-corrected chi connectivity index (χ0v) is 20.3. The van der Waals surface area contributed by atoms with E-state index in [0.717, 1.165) is 64.7 Å². The van der Waals surface area contributed by atoms with Crippen molar-refractivity contribution in [2.45, 2.75) is 51.4 Å². The van der Waals surface area contributed by atoms with Gasteiger partial charge in [-0.2, -0.15) is 0 Å². The minimum absolute atomic E-state index is 0. The summed E-state index contributed by atoms with van der Waals surface area (Å²) >= 11 is 0. The first-order chi connectivity index (χ1) is 14.5. The second-order valence-electron chi connectivity index (χ2n) is 8.57. The molecule has 2 aliphatic heterocycles. The summed E-state index contributed by atoms with van der Waals surface area (Å²) in [6.07, 6.45) is 6.20. The van der Waals surface area contributed by atoms with Crippen LogP contribution in [0, 0.1) is 23.7 Å². The van der Waals surface area contributed by atoms with Gasteiger partial charge in [0.25, 0.3) is 0 Å². The second-order valence-corrected chi connectivity index (χ2v) is 8.57. The molecule has 0 unspecified atom stereocenters. The van der Waals surface area contributed by atoms with E-state index >= 15 is 0 Å². The molecule has 32 heavy (non-hydrogen) atoms. The van der Waals surface area contributed by atoms with Crippen LogP contribution in [0.25, 0.3) is 0 Å². The van der Waals surface area contributed by atoms with Gasteiger partial charge in [-0.05, 0) is 76.5 Å². The van der Waals surface area contributed by atoms with E-state index < -0.39 is 11.9 Å². The van der Waals surface area contributed by atoms with Crippen LogP contribution in [-0.2, 0) is 9.59 Å². The lowest BCUT2D eigenvalue weighted by molar-refractivity contribution is -0.144. The smallest absolute Gasteiger partial charge is 0.314 e. The van der Waals surface area contributed by atoms with Crippen molar-refractivity contribution in [3.63, 3.8) is 0 Å². The average Bonchev–Trinajstić information content (AvgIpc) is 3.41. The third-order valence-electron chi connectivity index (χ3n) is 6.42. The molecule has 9 nitrogen and oxygen atoms in total. The summed E-state index contributed by atoms with van der Waals surface area (Å²) in [5, 5.41) is 30.9. The molecule has 2 aliphatic rings. The molecule has 6 N–H and O–H groups in total. The largest absolute Gasteiger partial charge is 0.481 e. The number of nitrogens with one attached hydrogen (secondary N) is 4. The number of rotatable bonds is 14. The Morgan fingerprint density at radius 3 is 1.47 bits per heavy atom. The van der Waals surface area contributed by atoms with Crippen LogP contribution in [0.1, 0.15) is 51.4 Å². The number of halogens is 2. The van der Waals surface area contributed by atoms with Gasteiger partial charge in [0, 0.05) is 13.1 Å². The average molecular weight is 499 g/mol. The van der Waals surface area contributed by atoms with Gasteiger partial charge in [0.2, 0.25) is 0 Å². The fourth-order valence-electron chi connectivity index (χ4n) is 4.61. The van der Waals surface area contributed by atoms with Gasteiger partial charge in [0.15, 0.2) is 0 Å². The number of urea groups is 1. The summed E-state index contributed by atoms with van der Waals surface area (Å²) in [5.41, 5.74) is 0. The molecule has 0 spiro atoms. The number of carboxylic acids is 2. The topological polar surface area (TPSA) is 140 Å². The minimum Gasteiger partial charge on any atom is -0.481 e. The van der Waals surface area contributed by atoms with E-state index in [1.165, 1.54) is 0 Å². The lowest BCUT2D eigenvalue weighted by atomic mass is 9.87. The highest BCUT2D eigenvalue weighted by atomic mass is 35.5. The van der Waals surface area contributed by atoms with Crippen molar-refractivity contribution >= 4 is 42.8 Å². The molecule has 2 fully saturated rings. The van der Waals surface area contributed by atoms with Crippen molar-refractivity contribution in [1.82, 2.24) is 21.3 Å². The molecule has 0 aromatic heterocycles. The van der Waals surface area contributed by atoms with Crippen molar-refractivity contribution < 1.29 is 24.6 Å². The second kappa shape index (κ2) is 17.2. The normalized spacial score (nSPS) is 21.6. The molecule has 0 saturated carbocycles. The predicted octanol–water partition coefficient (Wildman–Crippen LogP) is 2.09. The standard InChI is InChI=1S/C21H38N4O5.2ClH/c26-19(27)17(15-7-11-22-13-15)5-1-3-9-24-21(30)25-10-4-2-6-18(20(28)29)16-8-12-23-14-16;;/h15-18,22-23H,1-14H2,(H,26,27)(H,28,29)(H2,24,25,30);2*1H/t15-,16-,17-,18-;;/m0../s1.